The molecule has 11 heteroatoms. The molecule has 3 aromatic rings. The van der Waals surface area contributed by atoms with Crippen LogP contribution >= 0.6 is 7.60 Å². The van der Waals surface area contributed by atoms with Crippen molar-refractivity contribution < 1.29 is 27.9 Å². The van der Waals surface area contributed by atoms with E-state index in [0.29, 0.717) is 12.2 Å². The Labute approximate surface area is 215 Å². The van der Waals surface area contributed by atoms with Gasteiger partial charge in [0.2, 0.25) is 0 Å². The van der Waals surface area contributed by atoms with Gasteiger partial charge in [-0.2, -0.15) is 0 Å². The number of aromatic amines is 1. The van der Waals surface area contributed by atoms with Gasteiger partial charge in [-0.3, -0.25) is 14.3 Å². The van der Waals surface area contributed by atoms with Crippen LogP contribution in [0.25, 0.3) is 0 Å². The van der Waals surface area contributed by atoms with Gasteiger partial charge in [0.1, 0.15) is 6.10 Å². The molecule has 37 heavy (non-hydrogen) atoms. The summed E-state index contributed by atoms with van der Waals surface area (Å²) in [6, 6.07) is 19.2. The molecule has 0 bridgehead atoms. The fraction of sp³-hybridized carbons (Fsp3) is 0.385. The van der Waals surface area contributed by atoms with E-state index in [9.17, 15) is 14.2 Å². The second kappa shape index (κ2) is 14.1. The number of ether oxygens (including phenoxy) is 2. The predicted octanol–water partition coefficient (Wildman–Crippen LogP) is 3.32. The van der Waals surface area contributed by atoms with Gasteiger partial charge in [-0.15, -0.1) is 4.73 Å². The van der Waals surface area contributed by atoms with Crippen molar-refractivity contribution >= 4 is 7.60 Å². The smallest absolute Gasteiger partial charge is 0.361 e. The van der Waals surface area contributed by atoms with Crippen LogP contribution in [0.2, 0.25) is 0 Å². The Hall–Kier alpha value is -3.01. The Morgan fingerprint density at radius 2 is 1.49 bits per heavy atom. The van der Waals surface area contributed by atoms with Crippen LogP contribution in [0.5, 0.6) is 0 Å². The van der Waals surface area contributed by atoms with Crippen molar-refractivity contribution in [2.75, 3.05) is 27.0 Å². The molecule has 0 radical (unpaired) electrons. The van der Waals surface area contributed by atoms with Gasteiger partial charge in [-0.25, -0.2) is 4.79 Å². The van der Waals surface area contributed by atoms with Gasteiger partial charge in [0, 0.05) is 26.2 Å². The largest absolute Gasteiger partial charge is 0.403 e. The van der Waals surface area contributed by atoms with Crippen molar-refractivity contribution in [1.29, 1.82) is 0 Å². The molecule has 0 amide bonds. The molecular weight excluding hydrogens is 499 g/mol. The Balaban J connectivity index is 1.86. The van der Waals surface area contributed by atoms with Crippen molar-refractivity contribution in [2.45, 2.75) is 38.8 Å². The molecule has 1 heterocycles. The van der Waals surface area contributed by atoms with Crippen LogP contribution in [-0.2, 0) is 36.3 Å². The quantitative estimate of drug-likeness (QED) is 0.296. The lowest BCUT2D eigenvalue weighted by atomic mass is 10.1. The number of H-pyrrole nitrogens is 1. The molecule has 2 aromatic carbocycles. The first-order valence-electron chi connectivity index (χ1n) is 11.8. The van der Waals surface area contributed by atoms with Crippen molar-refractivity contribution in [3.63, 3.8) is 0 Å². The van der Waals surface area contributed by atoms with Gasteiger partial charge in [0.25, 0.3) is 5.56 Å². The number of hydrogen-bond donors (Lipinski definition) is 1. The molecule has 200 valence electrons. The maximum atomic E-state index is 12.8. The highest BCUT2D eigenvalue weighted by Gasteiger charge is 2.31. The monoisotopic (exact) mass is 532 g/mol. The van der Waals surface area contributed by atoms with Crippen molar-refractivity contribution in [3.8, 4) is 0 Å². The summed E-state index contributed by atoms with van der Waals surface area (Å²) < 4.78 is 36.1. The number of benzene rings is 2. The topological polar surface area (TPSA) is 118 Å². The zero-order valence-electron chi connectivity index (χ0n) is 21.2. The minimum atomic E-state index is -3.38. The van der Waals surface area contributed by atoms with E-state index in [1.807, 2.05) is 60.7 Å². The van der Waals surface area contributed by atoms with Gasteiger partial charge in [-0.05, 0) is 18.1 Å². The second-order valence-electron chi connectivity index (χ2n) is 8.37. The van der Waals surface area contributed by atoms with E-state index < -0.39 is 31.1 Å². The SMILES string of the molecule is COP(=O)(CC[C@@H](On1cc(C)c(=O)[nH]c1=O)[C@H](COCc1ccccc1)OCc1ccccc1)OC. The number of aromatic nitrogens is 2. The van der Waals surface area contributed by atoms with E-state index in [2.05, 4.69) is 4.98 Å². The lowest BCUT2D eigenvalue weighted by Gasteiger charge is -2.29. The van der Waals surface area contributed by atoms with Crippen LogP contribution in [-0.4, -0.2) is 48.9 Å². The van der Waals surface area contributed by atoms with Crippen LogP contribution in [0.1, 0.15) is 23.1 Å². The van der Waals surface area contributed by atoms with Gasteiger partial charge in [0.05, 0.1) is 32.2 Å². The normalized spacial score (nSPS) is 13.3. The first kappa shape index (κ1) is 28.6. The molecule has 0 spiro atoms. The van der Waals surface area contributed by atoms with Gasteiger partial charge < -0.3 is 23.4 Å². The van der Waals surface area contributed by atoms with Crippen LogP contribution in [0.3, 0.4) is 0 Å². The molecule has 0 aliphatic carbocycles. The Bertz CT molecular complexity index is 1250. The lowest BCUT2D eigenvalue weighted by molar-refractivity contribution is -0.118. The van der Waals surface area contributed by atoms with Crippen molar-refractivity contribution in [3.05, 3.63) is 104 Å². The highest BCUT2D eigenvalue weighted by molar-refractivity contribution is 7.53. The van der Waals surface area contributed by atoms with Gasteiger partial charge in [-0.1, -0.05) is 60.7 Å². The summed E-state index contributed by atoms with van der Waals surface area (Å²) in [5, 5.41) is 0. The molecule has 2 atom stereocenters. The minimum absolute atomic E-state index is 0.00559. The van der Waals surface area contributed by atoms with E-state index >= 15 is 0 Å². The second-order valence-corrected chi connectivity index (χ2v) is 10.8. The highest BCUT2D eigenvalue weighted by atomic mass is 31.2. The van der Waals surface area contributed by atoms with Crippen LogP contribution in [0, 0.1) is 6.92 Å². The molecule has 3 rings (SSSR count). The summed E-state index contributed by atoms with van der Waals surface area (Å²) >= 11 is 0. The van der Waals surface area contributed by atoms with E-state index in [4.69, 9.17) is 23.4 Å². The summed E-state index contributed by atoms with van der Waals surface area (Å²) in [4.78, 5) is 32.5. The number of nitrogens with one attached hydrogen (secondary N) is 1. The minimum Gasteiger partial charge on any atom is -0.403 e. The number of aryl methyl sites for hydroxylation is 1. The summed E-state index contributed by atoms with van der Waals surface area (Å²) in [7, 11) is -0.765. The Morgan fingerprint density at radius 1 is 0.892 bits per heavy atom. The third kappa shape index (κ3) is 8.80. The van der Waals surface area contributed by atoms with E-state index in [1.165, 1.54) is 20.4 Å². The Kier molecular flexibility index (Phi) is 10.9. The fourth-order valence-electron chi connectivity index (χ4n) is 3.52. The zero-order chi connectivity index (χ0) is 26.7. The van der Waals surface area contributed by atoms with Crippen LogP contribution < -0.4 is 16.1 Å². The molecule has 1 N–H and O–H groups in total. The maximum Gasteiger partial charge on any atom is 0.361 e. The summed E-state index contributed by atoms with van der Waals surface area (Å²) in [5.41, 5.74) is 0.963. The molecule has 0 aliphatic rings. The molecular formula is C26H33N2O8P. The molecule has 0 fully saturated rings. The summed E-state index contributed by atoms with van der Waals surface area (Å²) in [6.45, 7) is 2.27. The third-order valence-electron chi connectivity index (χ3n) is 5.70. The third-order valence-corrected chi connectivity index (χ3v) is 7.62. The first-order valence-corrected chi connectivity index (χ1v) is 13.5. The van der Waals surface area contributed by atoms with Gasteiger partial charge in [0.15, 0.2) is 6.10 Å². The maximum absolute atomic E-state index is 12.8. The first-order chi connectivity index (χ1) is 17.8. The number of hydrogen-bond acceptors (Lipinski definition) is 8. The van der Waals surface area contributed by atoms with E-state index in [0.717, 1.165) is 15.9 Å². The molecule has 1 aromatic heterocycles. The number of rotatable bonds is 15. The summed E-state index contributed by atoms with van der Waals surface area (Å²) in [6.07, 6.45) is -0.0191. The molecule has 0 saturated carbocycles. The lowest BCUT2D eigenvalue weighted by Crippen LogP contribution is -2.46. The average Bonchev–Trinajstić information content (AvgIpc) is 2.92. The van der Waals surface area contributed by atoms with Crippen LogP contribution in [0.15, 0.2) is 76.4 Å². The molecule has 0 unspecified atom stereocenters. The van der Waals surface area contributed by atoms with Gasteiger partial charge >= 0.3 is 13.3 Å². The van der Waals surface area contributed by atoms with E-state index in [-0.39, 0.29) is 25.8 Å². The number of nitrogens with zero attached hydrogens (tertiary/aromatic N) is 1. The molecule has 0 saturated heterocycles. The van der Waals surface area contributed by atoms with Crippen molar-refractivity contribution in [2.24, 2.45) is 0 Å². The molecule has 0 aliphatic heterocycles. The Morgan fingerprint density at radius 3 is 2.08 bits per heavy atom. The van der Waals surface area contributed by atoms with E-state index in [1.54, 1.807) is 6.92 Å². The zero-order valence-corrected chi connectivity index (χ0v) is 22.1. The standard InChI is InChI=1S/C26H33N2O8P/c1-20-16-28(26(30)27-25(20)29)36-23(14-15-37(31,32-2)33-3)24(35-18-22-12-8-5-9-13-22)19-34-17-21-10-6-4-7-11-21/h4-13,16,23-24H,14-15,17-19H2,1-3H3,(H,27,29,30)/t23-,24+/m1/s1. The highest BCUT2D eigenvalue weighted by Crippen LogP contribution is 2.47. The average molecular weight is 533 g/mol. The fourth-order valence-corrected chi connectivity index (χ4v) is 4.61. The summed E-state index contributed by atoms with van der Waals surface area (Å²) in [5.74, 6) is 0. The molecule has 10 nitrogen and oxygen atoms in total. The van der Waals surface area contributed by atoms with Crippen LogP contribution in [0.4, 0.5) is 0 Å². The predicted molar refractivity (Wildman–Crippen MR) is 139 cm³/mol. The van der Waals surface area contributed by atoms with Crippen molar-refractivity contribution in [1.82, 2.24) is 9.71 Å².